The zero-order valence-electron chi connectivity index (χ0n) is 18.3. The molecule has 0 unspecified atom stereocenters. The average Bonchev–Trinajstić information content (AvgIpc) is 3.19. The van der Waals surface area contributed by atoms with Crippen LogP contribution in [0.1, 0.15) is 41.6 Å². The summed E-state index contributed by atoms with van der Waals surface area (Å²) in [5.74, 6) is 0. The first-order valence-electron chi connectivity index (χ1n) is 10.6. The van der Waals surface area contributed by atoms with Crippen molar-refractivity contribution >= 4 is 21.6 Å². The smallest absolute Gasteiger partial charge is 0.243 e. The molecule has 4 rings (SSSR count). The number of piperidine rings is 1. The molecule has 0 saturated carbocycles. The molecule has 0 amide bonds. The molecular weight excluding hydrogens is 420 g/mol. The highest BCUT2D eigenvalue weighted by Crippen LogP contribution is 2.42. The number of nitrogens with zero attached hydrogens (tertiary/aromatic N) is 4. The van der Waals surface area contributed by atoms with Crippen molar-refractivity contribution < 1.29 is 8.42 Å². The van der Waals surface area contributed by atoms with Crippen molar-refractivity contribution in [3.05, 3.63) is 45.7 Å². The minimum absolute atomic E-state index is 0.205. The maximum absolute atomic E-state index is 13.2. The Morgan fingerprint density at radius 1 is 1.10 bits per heavy atom. The van der Waals surface area contributed by atoms with Gasteiger partial charge < -0.3 is 0 Å². The molecule has 0 bridgehead atoms. The van der Waals surface area contributed by atoms with Gasteiger partial charge in [0.1, 0.15) is 5.15 Å². The van der Waals surface area contributed by atoms with Gasteiger partial charge in [0.25, 0.3) is 0 Å². The van der Waals surface area contributed by atoms with E-state index in [2.05, 4.69) is 10.00 Å². The lowest BCUT2D eigenvalue weighted by molar-refractivity contribution is 0.153. The summed E-state index contributed by atoms with van der Waals surface area (Å²) in [5.41, 5.74) is 4.08. The number of benzene rings is 1. The third-order valence-corrected chi connectivity index (χ3v) is 9.43. The van der Waals surface area contributed by atoms with E-state index in [1.54, 1.807) is 15.1 Å². The zero-order chi connectivity index (χ0) is 21.7. The van der Waals surface area contributed by atoms with Crippen molar-refractivity contribution in [2.24, 2.45) is 12.5 Å². The van der Waals surface area contributed by atoms with Crippen molar-refractivity contribution in [1.82, 2.24) is 19.0 Å². The van der Waals surface area contributed by atoms with Gasteiger partial charge in [-0.25, -0.2) is 8.42 Å². The molecule has 1 aromatic carbocycles. The average molecular weight is 451 g/mol. The predicted octanol–water partition coefficient (Wildman–Crippen LogP) is 3.68. The third-order valence-electron chi connectivity index (χ3n) is 6.91. The molecule has 30 heavy (non-hydrogen) atoms. The summed E-state index contributed by atoms with van der Waals surface area (Å²) in [7, 11) is -1.57. The summed E-state index contributed by atoms with van der Waals surface area (Å²) in [6, 6.07) is 5.66. The molecule has 1 spiro atoms. The Morgan fingerprint density at radius 2 is 1.77 bits per heavy atom. The maximum atomic E-state index is 13.2. The van der Waals surface area contributed by atoms with E-state index in [1.807, 2.05) is 40.0 Å². The molecule has 2 saturated heterocycles. The summed E-state index contributed by atoms with van der Waals surface area (Å²) in [6.45, 7) is 9.83. The standard InChI is InChI=1S/C22H31ClN4O2S/c1-16-5-6-17(2)20(13-16)30(28,29)27-11-8-22(9-12-27)7-10-26(15-22)14-19-18(3)24-25(4)21(19)23/h5-6,13H,7-12,14-15H2,1-4H3. The topological polar surface area (TPSA) is 58.4 Å². The van der Waals surface area contributed by atoms with Crippen molar-refractivity contribution in [3.8, 4) is 0 Å². The number of hydrogen-bond donors (Lipinski definition) is 0. The summed E-state index contributed by atoms with van der Waals surface area (Å²) >= 11 is 6.42. The van der Waals surface area contributed by atoms with Crippen molar-refractivity contribution in [2.75, 3.05) is 26.2 Å². The number of likely N-dealkylation sites (tertiary alicyclic amines) is 1. The highest BCUT2D eigenvalue weighted by molar-refractivity contribution is 7.89. The van der Waals surface area contributed by atoms with Crippen LogP contribution in [0.25, 0.3) is 0 Å². The van der Waals surface area contributed by atoms with Gasteiger partial charge in [-0.1, -0.05) is 23.7 Å². The van der Waals surface area contributed by atoms with Crippen molar-refractivity contribution in [2.45, 2.75) is 51.5 Å². The Balaban J connectivity index is 1.42. The van der Waals surface area contributed by atoms with Gasteiger partial charge in [-0.05, 0) is 69.2 Å². The van der Waals surface area contributed by atoms with E-state index in [4.69, 9.17) is 11.6 Å². The number of rotatable bonds is 4. The Morgan fingerprint density at radius 3 is 2.40 bits per heavy atom. The van der Waals surface area contributed by atoms with Crippen LogP contribution in [-0.2, 0) is 23.6 Å². The van der Waals surface area contributed by atoms with Gasteiger partial charge in [-0.2, -0.15) is 9.40 Å². The lowest BCUT2D eigenvalue weighted by atomic mass is 9.78. The van der Waals surface area contributed by atoms with E-state index in [0.717, 1.165) is 61.3 Å². The van der Waals surface area contributed by atoms with Crippen LogP contribution in [0.5, 0.6) is 0 Å². The molecule has 3 heterocycles. The van der Waals surface area contributed by atoms with Crippen LogP contribution in [0.15, 0.2) is 23.1 Å². The monoisotopic (exact) mass is 450 g/mol. The molecule has 2 fully saturated rings. The van der Waals surface area contributed by atoms with Crippen LogP contribution in [0.4, 0.5) is 0 Å². The molecule has 6 nitrogen and oxygen atoms in total. The van der Waals surface area contributed by atoms with Crippen LogP contribution >= 0.6 is 11.6 Å². The summed E-state index contributed by atoms with van der Waals surface area (Å²) < 4.78 is 29.9. The minimum Gasteiger partial charge on any atom is -0.298 e. The zero-order valence-corrected chi connectivity index (χ0v) is 19.9. The largest absolute Gasteiger partial charge is 0.298 e. The summed E-state index contributed by atoms with van der Waals surface area (Å²) in [6.07, 6.45) is 2.93. The highest BCUT2D eigenvalue weighted by Gasteiger charge is 2.43. The second-order valence-corrected chi connectivity index (χ2v) is 11.4. The van der Waals surface area contributed by atoms with Crippen molar-refractivity contribution in [1.29, 1.82) is 0 Å². The minimum atomic E-state index is -3.44. The number of halogens is 1. The van der Waals surface area contributed by atoms with E-state index >= 15 is 0 Å². The fourth-order valence-electron chi connectivity index (χ4n) is 4.97. The molecule has 2 aliphatic heterocycles. The number of hydrogen-bond acceptors (Lipinski definition) is 4. The molecule has 0 atom stereocenters. The summed E-state index contributed by atoms with van der Waals surface area (Å²) in [5, 5.41) is 5.13. The Hall–Kier alpha value is -1.41. The van der Waals surface area contributed by atoms with Gasteiger partial charge in [0, 0.05) is 38.8 Å². The van der Waals surface area contributed by atoms with Crippen LogP contribution in [0, 0.1) is 26.2 Å². The quantitative estimate of drug-likeness (QED) is 0.713. The molecule has 1 aromatic heterocycles. The third kappa shape index (κ3) is 3.93. The lowest BCUT2D eigenvalue weighted by Crippen LogP contribution is -2.44. The van der Waals surface area contributed by atoms with E-state index in [1.165, 1.54) is 0 Å². The van der Waals surface area contributed by atoms with Crippen LogP contribution in [0.3, 0.4) is 0 Å². The SMILES string of the molecule is Cc1ccc(C)c(S(=O)(=O)N2CCC3(CCN(Cc4c(C)nn(C)c4Cl)C3)CC2)c1. The van der Waals surface area contributed by atoms with Crippen LogP contribution in [-0.4, -0.2) is 53.6 Å². The molecule has 8 heteroatoms. The first-order valence-corrected chi connectivity index (χ1v) is 12.4. The van der Waals surface area contributed by atoms with Gasteiger partial charge in [0.2, 0.25) is 10.0 Å². The molecular formula is C22H31ClN4O2S. The molecule has 0 aliphatic carbocycles. The predicted molar refractivity (Wildman–Crippen MR) is 119 cm³/mol. The molecule has 0 N–H and O–H groups in total. The number of sulfonamides is 1. The number of aryl methyl sites for hydroxylation is 4. The lowest BCUT2D eigenvalue weighted by Gasteiger charge is -2.39. The van der Waals surface area contributed by atoms with Crippen molar-refractivity contribution in [3.63, 3.8) is 0 Å². The van der Waals surface area contributed by atoms with Crippen LogP contribution in [0.2, 0.25) is 5.15 Å². The van der Waals surface area contributed by atoms with Gasteiger partial charge in [-0.15, -0.1) is 0 Å². The molecule has 164 valence electrons. The second kappa shape index (κ2) is 7.93. The normalized spacial score (nSPS) is 20.3. The Labute approximate surface area is 184 Å². The number of aromatic nitrogens is 2. The van der Waals surface area contributed by atoms with E-state index in [0.29, 0.717) is 23.1 Å². The molecule has 2 aromatic rings. The second-order valence-electron chi connectivity index (χ2n) is 9.11. The highest BCUT2D eigenvalue weighted by atomic mass is 35.5. The maximum Gasteiger partial charge on any atom is 0.243 e. The van der Waals surface area contributed by atoms with E-state index < -0.39 is 10.0 Å². The van der Waals surface area contributed by atoms with E-state index in [9.17, 15) is 8.42 Å². The molecule has 2 aliphatic rings. The fourth-order valence-corrected chi connectivity index (χ4v) is 6.96. The summed E-state index contributed by atoms with van der Waals surface area (Å²) in [4.78, 5) is 2.90. The van der Waals surface area contributed by atoms with Crippen LogP contribution < -0.4 is 0 Å². The Kier molecular flexibility index (Phi) is 5.77. The Bertz CT molecular complexity index is 1060. The van der Waals surface area contributed by atoms with Gasteiger partial charge in [0.15, 0.2) is 0 Å². The van der Waals surface area contributed by atoms with E-state index in [-0.39, 0.29) is 5.41 Å². The first kappa shape index (κ1) is 21.8. The molecule has 0 radical (unpaired) electrons. The fraction of sp³-hybridized carbons (Fsp3) is 0.591. The van der Waals surface area contributed by atoms with Gasteiger partial charge in [0.05, 0.1) is 10.6 Å². The van der Waals surface area contributed by atoms with Gasteiger partial charge >= 0.3 is 0 Å². The van der Waals surface area contributed by atoms with Gasteiger partial charge in [-0.3, -0.25) is 9.58 Å². The first-order chi connectivity index (χ1) is 14.1.